The highest BCUT2D eigenvalue weighted by Crippen LogP contribution is 2.26. The summed E-state index contributed by atoms with van der Waals surface area (Å²) >= 11 is 0. The smallest absolute Gasteiger partial charge is 0.299 e. The minimum absolute atomic E-state index is 0.248. The lowest BCUT2D eigenvalue weighted by molar-refractivity contribution is 0.565. The molecule has 18 heavy (non-hydrogen) atoms. The number of hydrogen-bond donors (Lipinski definition) is 3. The normalized spacial score (nSPS) is 11.8. The molecule has 0 amide bonds. The zero-order chi connectivity index (χ0) is 13.9. The summed E-state index contributed by atoms with van der Waals surface area (Å²) in [6.07, 6.45) is 0. The summed E-state index contributed by atoms with van der Waals surface area (Å²) in [4.78, 5) is 0. The molecule has 1 rings (SSSR count). The van der Waals surface area contributed by atoms with E-state index in [9.17, 15) is 8.42 Å². The Labute approximate surface area is 109 Å². The van der Waals surface area contributed by atoms with Gasteiger partial charge in [0.05, 0.1) is 11.4 Å². The molecule has 4 N–H and O–H groups in total. The Balaban J connectivity index is 2.94. The van der Waals surface area contributed by atoms with Gasteiger partial charge in [0.2, 0.25) is 0 Å². The van der Waals surface area contributed by atoms with Crippen LogP contribution in [0.1, 0.15) is 25.0 Å². The highest BCUT2D eigenvalue weighted by molar-refractivity contribution is 7.90. The van der Waals surface area contributed by atoms with Crippen LogP contribution in [0.25, 0.3) is 0 Å². The molecule has 0 bridgehead atoms. The molecule has 0 fully saturated rings. The first-order valence-electron chi connectivity index (χ1n) is 5.86. The predicted octanol–water partition coefficient (Wildman–Crippen LogP) is 1.79. The first kappa shape index (κ1) is 14.8. The van der Waals surface area contributed by atoms with Gasteiger partial charge in [0, 0.05) is 6.54 Å². The lowest BCUT2D eigenvalue weighted by Crippen LogP contribution is -2.33. The molecule has 6 heteroatoms. The molecule has 0 atom stereocenters. The van der Waals surface area contributed by atoms with E-state index >= 15 is 0 Å². The van der Waals surface area contributed by atoms with E-state index in [0.29, 0.717) is 17.9 Å². The van der Waals surface area contributed by atoms with Gasteiger partial charge in [0.25, 0.3) is 10.2 Å². The van der Waals surface area contributed by atoms with E-state index < -0.39 is 10.2 Å². The zero-order valence-corrected chi connectivity index (χ0v) is 12.1. The molecule has 0 aliphatic heterocycles. The Bertz CT molecular complexity index is 524. The van der Waals surface area contributed by atoms with Crippen LogP contribution in [0, 0.1) is 19.8 Å². The predicted molar refractivity (Wildman–Crippen MR) is 75.7 cm³/mol. The minimum atomic E-state index is -3.57. The van der Waals surface area contributed by atoms with E-state index in [1.165, 1.54) is 0 Å². The van der Waals surface area contributed by atoms with E-state index in [2.05, 4.69) is 9.44 Å². The monoisotopic (exact) mass is 271 g/mol. The van der Waals surface area contributed by atoms with Crippen molar-refractivity contribution in [1.82, 2.24) is 4.72 Å². The van der Waals surface area contributed by atoms with Crippen molar-refractivity contribution in [3.63, 3.8) is 0 Å². The zero-order valence-electron chi connectivity index (χ0n) is 11.2. The van der Waals surface area contributed by atoms with Crippen LogP contribution in [-0.2, 0) is 10.2 Å². The standard InChI is InChI=1S/C12H21N3O2S/c1-8(2)7-14-18(16,17)15-12-10(4)9(3)5-6-11(12)13/h5-6,8,14-15H,7,13H2,1-4H3. The Morgan fingerprint density at radius 1 is 1.28 bits per heavy atom. The molecule has 0 saturated carbocycles. The summed E-state index contributed by atoms with van der Waals surface area (Å²) in [5.41, 5.74) is 8.50. The molecule has 0 aromatic heterocycles. The van der Waals surface area contributed by atoms with Crippen LogP contribution >= 0.6 is 0 Å². The van der Waals surface area contributed by atoms with E-state index in [1.807, 2.05) is 33.8 Å². The molecule has 5 nitrogen and oxygen atoms in total. The van der Waals surface area contributed by atoms with E-state index in [-0.39, 0.29) is 5.92 Å². The molecule has 1 aromatic carbocycles. The Morgan fingerprint density at radius 2 is 1.89 bits per heavy atom. The van der Waals surface area contributed by atoms with Crippen molar-refractivity contribution in [1.29, 1.82) is 0 Å². The quantitative estimate of drug-likeness (QED) is 0.714. The first-order valence-corrected chi connectivity index (χ1v) is 7.34. The van der Waals surface area contributed by atoms with Crippen molar-refractivity contribution in [2.45, 2.75) is 27.7 Å². The van der Waals surface area contributed by atoms with Crippen LogP contribution in [0.15, 0.2) is 12.1 Å². The SMILES string of the molecule is Cc1ccc(N)c(NS(=O)(=O)NCC(C)C)c1C. The Kier molecular flexibility index (Phi) is 4.59. The fraction of sp³-hybridized carbons (Fsp3) is 0.500. The topological polar surface area (TPSA) is 84.2 Å². The molecule has 0 saturated heterocycles. The molecule has 0 aliphatic rings. The van der Waals surface area contributed by atoms with Gasteiger partial charge in [-0.2, -0.15) is 13.1 Å². The third-order valence-corrected chi connectivity index (χ3v) is 3.71. The molecule has 0 unspecified atom stereocenters. The molecular weight excluding hydrogens is 250 g/mol. The van der Waals surface area contributed by atoms with Crippen LogP contribution in [0.3, 0.4) is 0 Å². The van der Waals surface area contributed by atoms with Gasteiger partial charge < -0.3 is 5.73 Å². The molecular formula is C12H21N3O2S. The number of nitrogen functional groups attached to an aromatic ring is 1. The van der Waals surface area contributed by atoms with Crippen molar-refractivity contribution < 1.29 is 8.42 Å². The van der Waals surface area contributed by atoms with Gasteiger partial charge in [-0.05, 0) is 37.0 Å². The van der Waals surface area contributed by atoms with Gasteiger partial charge >= 0.3 is 0 Å². The van der Waals surface area contributed by atoms with Crippen molar-refractivity contribution in [3.05, 3.63) is 23.3 Å². The lowest BCUT2D eigenvalue weighted by atomic mass is 10.1. The van der Waals surface area contributed by atoms with Gasteiger partial charge in [-0.25, -0.2) is 0 Å². The second-order valence-electron chi connectivity index (χ2n) is 4.82. The number of aryl methyl sites for hydroxylation is 1. The highest BCUT2D eigenvalue weighted by atomic mass is 32.2. The number of hydrogen-bond acceptors (Lipinski definition) is 3. The average molecular weight is 271 g/mol. The summed E-state index contributed by atoms with van der Waals surface area (Å²) in [5, 5.41) is 0. The fourth-order valence-corrected chi connectivity index (χ4v) is 2.58. The minimum Gasteiger partial charge on any atom is -0.397 e. The Hall–Kier alpha value is -1.27. The van der Waals surface area contributed by atoms with Crippen molar-refractivity contribution >= 4 is 21.6 Å². The van der Waals surface area contributed by atoms with Gasteiger partial charge in [0.1, 0.15) is 0 Å². The second kappa shape index (κ2) is 5.58. The van der Waals surface area contributed by atoms with Gasteiger partial charge in [-0.3, -0.25) is 4.72 Å². The molecule has 0 spiro atoms. The highest BCUT2D eigenvalue weighted by Gasteiger charge is 2.14. The molecule has 0 aliphatic carbocycles. The Morgan fingerprint density at radius 3 is 2.44 bits per heavy atom. The second-order valence-corrected chi connectivity index (χ2v) is 6.32. The summed E-state index contributed by atoms with van der Waals surface area (Å²) in [5.74, 6) is 0.248. The number of nitrogens with one attached hydrogen (secondary N) is 2. The summed E-state index contributed by atoms with van der Waals surface area (Å²) in [6, 6.07) is 3.56. The van der Waals surface area contributed by atoms with Crippen molar-refractivity contribution in [3.8, 4) is 0 Å². The third-order valence-electron chi connectivity index (χ3n) is 2.69. The van der Waals surface area contributed by atoms with E-state index in [4.69, 9.17) is 5.73 Å². The molecule has 0 heterocycles. The van der Waals surface area contributed by atoms with Crippen molar-refractivity contribution in [2.24, 2.45) is 5.92 Å². The van der Waals surface area contributed by atoms with Crippen LogP contribution in [0.2, 0.25) is 0 Å². The number of benzene rings is 1. The van der Waals surface area contributed by atoms with Crippen LogP contribution in [-0.4, -0.2) is 15.0 Å². The van der Waals surface area contributed by atoms with Crippen molar-refractivity contribution in [2.75, 3.05) is 17.0 Å². The lowest BCUT2D eigenvalue weighted by Gasteiger charge is -2.15. The fourth-order valence-electron chi connectivity index (χ4n) is 1.42. The summed E-state index contributed by atoms with van der Waals surface area (Å²) in [7, 11) is -3.57. The molecule has 102 valence electrons. The summed E-state index contributed by atoms with van der Waals surface area (Å²) < 4.78 is 28.7. The number of anilines is 2. The number of rotatable bonds is 5. The molecule has 0 radical (unpaired) electrons. The van der Waals surface area contributed by atoms with Gasteiger partial charge in [-0.15, -0.1) is 0 Å². The molecule has 1 aromatic rings. The largest absolute Gasteiger partial charge is 0.397 e. The van der Waals surface area contributed by atoms with Gasteiger partial charge in [0.15, 0.2) is 0 Å². The van der Waals surface area contributed by atoms with E-state index in [0.717, 1.165) is 11.1 Å². The first-order chi connectivity index (χ1) is 8.23. The average Bonchev–Trinajstić information content (AvgIpc) is 2.27. The van der Waals surface area contributed by atoms with Crippen LogP contribution in [0.4, 0.5) is 11.4 Å². The van der Waals surface area contributed by atoms with Gasteiger partial charge in [-0.1, -0.05) is 19.9 Å². The number of nitrogens with two attached hydrogens (primary N) is 1. The van der Waals surface area contributed by atoms with Crippen LogP contribution in [0.5, 0.6) is 0 Å². The summed E-state index contributed by atoms with van der Waals surface area (Å²) in [6.45, 7) is 8.02. The maximum absolute atomic E-state index is 11.8. The van der Waals surface area contributed by atoms with Crippen LogP contribution < -0.4 is 15.2 Å². The third kappa shape index (κ3) is 3.89. The van der Waals surface area contributed by atoms with E-state index in [1.54, 1.807) is 6.07 Å². The maximum atomic E-state index is 11.8. The maximum Gasteiger partial charge on any atom is 0.299 e.